The Labute approximate surface area is 225 Å². The number of hydrogen-bond donors (Lipinski definition) is 2. The van der Waals surface area contributed by atoms with Crippen LogP contribution in [0.2, 0.25) is 5.02 Å². The lowest BCUT2D eigenvalue weighted by Crippen LogP contribution is -2.26. The van der Waals surface area contributed by atoms with Gasteiger partial charge < -0.3 is 15.2 Å². The molecule has 0 bridgehead atoms. The molecule has 0 atom stereocenters. The van der Waals surface area contributed by atoms with Crippen LogP contribution >= 0.6 is 11.6 Å². The third-order valence-corrected chi connectivity index (χ3v) is 6.11. The maximum Gasteiger partial charge on any atom is 0.273 e. The summed E-state index contributed by atoms with van der Waals surface area (Å²) in [6.45, 7) is 6.61. The smallest absolute Gasteiger partial charge is 0.273 e. The molecule has 0 unspecified atom stereocenters. The van der Waals surface area contributed by atoms with E-state index in [1.165, 1.54) is 4.68 Å². The summed E-state index contributed by atoms with van der Waals surface area (Å²) in [5, 5.41) is 24.9. The molecule has 0 aliphatic rings. The molecule has 2 aromatic heterocycles. The summed E-state index contributed by atoms with van der Waals surface area (Å²) in [6.07, 6.45) is 0.540. The molecule has 0 aliphatic carbocycles. The van der Waals surface area contributed by atoms with Gasteiger partial charge in [0.25, 0.3) is 5.91 Å². The average Bonchev–Trinajstić information content (AvgIpc) is 3.55. The van der Waals surface area contributed by atoms with Gasteiger partial charge >= 0.3 is 0 Å². The fraction of sp³-hybridized carbons (Fsp3) is 0.250. The van der Waals surface area contributed by atoms with E-state index < -0.39 is 0 Å². The van der Waals surface area contributed by atoms with Gasteiger partial charge in [0.15, 0.2) is 11.4 Å². The highest BCUT2D eigenvalue weighted by Crippen LogP contribution is 2.26. The summed E-state index contributed by atoms with van der Waals surface area (Å²) in [4.78, 5) is 25.6. The third-order valence-electron chi connectivity index (χ3n) is 5.86. The van der Waals surface area contributed by atoms with E-state index in [4.69, 9.17) is 16.1 Å². The SMILES string of the molecule is Cc1ccc(C(=O)c2nn(-c3ccc(Cl)cc3)c(NCCCNC(=O)c3cc(C(C)C)on3)c2C#N)cc1. The summed E-state index contributed by atoms with van der Waals surface area (Å²) in [5.74, 6) is 0.492. The lowest BCUT2D eigenvalue weighted by molar-refractivity contribution is 0.0943. The fourth-order valence-corrected chi connectivity index (χ4v) is 3.84. The van der Waals surface area contributed by atoms with Crippen LogP contribution in [0.3, 0.4) is 0 Å². The Bertz CT molecular complexity index is 1480. The van der Waals surface area contributed by atoms with Crippen molar-refractivity contribution in [1.29, 1.82) is 5.26 Å². The molecule has 10 heteroatoms. The molecule has 2 N–H and O–H groups in total. The van der Waals surface area contributed by atoms with E-state index in [9.17, 15) is 14.9 Å². The van der Waals surface area contributed by atoms with Gasteiger partial charge in [0.2, 0.25) is 5.78 Å². The molecule has 9 nitrogen and oxygen atoms in total. The van der Waals surface area contributed by atoms with Crippen LogP contribution in [0.5, 0.6) is 0 Å². The van der Waals surface area contributed by atoms with Gasteiger partial charge in [-0.2, -0.15) is 10.4 Å². The summed E-state index contributed by atoms with van der Waals surface area (Å²) in [7, 11) is 0. The lowest BCUT2D eigenvalue weighted by atomic mass is 10.0. The molecule has 0 spiro atoms. The standard InChI is InChI=1S/C28H27ClN6O3/c1-17(2)24-15-23(34-38-24)28(37)32-14-4-13-31-27-22(16-30)25(26(36)19-7-5-18(3)6-8-19)33-35(27)21-11-9-20(29)10-12-21/h5-12,15,17,31H,4,13-14H2,1-3H3,(H,32,37). The molecule has 0 fully saturated rings. The van der Waals surface area contributed by atoms with Gasteiger partial charge in [-0.15, -0.1) is 0 Å². The first-order chi connectivity index (χ1) is 18.3. The van der Waals surface area contributed by atoms with E-state index in [1.54, 1.807) is 42.5 Å². The monoisotopic (exact) mass is 530 g/mol. The van der Waals surface area contributed by atoms with E-state index in [2.05, 4.69) is 27.0 Å². The highest BCUT2D eigenvalue weighted by Gasteiger charge is 2.25. The van der Waals surface area contributed by atoms with Gasteiger partial charge in [0.1, 0.15) is 23.2 Å². The molecule has 0 saturated heterocycles. The Morgan fingerprint density at radius 1 is 1.11 bits per heavy atom. The van der Waals surface area contributed by atoms with Crippen molar-refractivity contribution in [2.24, 2.45) is 0 Å². The number of halogens is 1. The molecule has 2 heterocycles. The largest absolute Gasteiger partial charge is 0.369 e. The van der Waals surface area contributed by atoms with Gasteiger partial charge in [-0.3, -0.25) is 9.59 Å². The van der Waals surface area contributed by atoms with Gasteiger partial charge in [0.05, 0.1) is 5.69 Å². The van der Waals surface area contributed by atoms with Crippen LogP contribution in [0.4, 0.5) is 5.82 Å². The number of carbonyl (C=O) groups excluding carboxylic acids is 2. The average molecular weight is 531 g/mol. The van der Waals surface area contributed by atoms with E-state index in [0.717, 1.165) is 5.56 Å². The Hall–Kier alpha value is -4.42. The maximum atomic E-state index is 13.3. The number of rotatable bonds is 10. The van der Waals surface area contributed by atoms with Crippen molar-refractivity contribution >= 4 is 29.1 Å². The minimum absolute atomic E-state index is 0.0501. The zero-order valence-electron chi connectivity index (χ0n) is 21.3. The Morgan fingerprint density at radius 2 is 1.82 bits per heavy atom. The second-order valence-electron chi connectivity index (χ2n) is 9.07. The minimum Gasteiger partial charge on any atom is -0.369 e. The first-order valence-electron chi connectivity index (χ1n) is 12.2. The number of anilines is 1. The number of aryl methyl sites for hydroxylation is 1. The van der Waals surface area contributed by atoms with Crippen molar-refractivity contribution in [3.8, 4) is 11.8 Å². The molecule has 0 saturated carbocycles. The quantitative estimate of drug-likeness (QED) is 0.211. The molecular formula is C28H27ClN6O3. The molecule has 0 aliphatic heterocycles. The minimum atomic E-state index is -0.349. The molecule has 38 heavy (non-hydrogen) atoms. The Kier molecular flexibility index (Phi) is 8.24. The summed E-state index contributed by atoms with van der Waals surface area (Å²) < 4.78 is 6.71. The number of nitrogens with zero attached hydrogens (tertiary/aromatic N) is 4. The van der Waals surface area contributed by atoms with Crippen LogP contribution in [-0.4, -0.2) is 39.7 Å². The van der Waals surface area contributed by atoms with E-state index >= 15 is 0 Å². The molecule has 1 amide bonds. The number of nitrogens with one attached hydrogen (secondary N) is 2. The van der Waals surface area contributed by atoms with Crippen LogP contribution in [0.15, 0.2) is 59.1 Å². The highest BCUT2D eigenvalue weighted by molar-refractivity contribution is 6.30. The van der Waals surface area contributed by atoms with E-state index in [0.29, 0.717) is 47.4 Å². The lowest BCUT2D eigenvalue weighted by Gasteiger charge is -2.10. The van der Waals surface area contributed by atoms with Crippen molar-refractivity contribution in [3.05, 3.63) is 93.5 Å². The van der Waals surface area contributed by atoms with Crippen LogP contribution in [0, 0.1) is 18.3 Å². The maximum absolute atomic E-state index is 13.3. The van der Waals surface area contributed by atoms with Crippen LogP contribution in [-0.2, 0) is 0 Å². The van der Waals surface area contributed by atoms with Gasteiger partial charge in [-0.25, -0.2) is 4.68 Å². The van der Waals surface area contributed by atoms with Crippen molar-refractivity contribution in [1.82, 2.24) is 20.3 Å². The first kappa shape index (κ1) is 26.6. The van der Waals surface area contributed by atoms with Crippen LogP contribution in [0.25, 0.3) is 5.69 Å². The first-order valence-corrected chi connectivity index (χ1v) is 12.6. The highest BCUT2D eigenvalue weighted by atomic mass is 35.5. The summed E-state index contributed by atoms with van der Waals surface area (Å²) in [6, 6.07) is 17.8. The Morgan fingerprint density at radius 3 is 2.45 bits per heavy atom. The zero-order valence-corrected chi connectivity index (χ0v) is 22.0. The normalized spacial score (nSPS) is 10.8. The molecule has 4 rings (SSSR count). The molecule has 4 aromatic rings. The zero-order chi connectivity index (χ0) is 27.2. The second-order valence-corrected chi connectivity index (χ2v) is 9.51. The van der Waals surface area contributed by atoms with E-state index in [-0.39, 0.29) is 34.6 Å². The Balaban J connectivity index is 1.51. The van der Waals surface area contributed by atoms with Crippen molar-refractivity contribution < 1.29 is 14.1 Å². The van der Waals surface area contributed by atoms with Crippen molar-refractivity contribution in [2.75, 3.05) is 18.4 Å². The van der Waals surface area contributed by atoms with E-state index in [1.807, 2.05) is 32.9 Å². The molecule has 0 radical (unpaired) electrons. The number of aromatic nitrogens is 3. The van der Waals surface area contributed by atoms with Crippen LogP contribution in [0.1, 0.15) is 69.6 Å². The molecule has 194 valence electrons. The third kappa shape index (κ3) is 5.93. The van der Waals surface area contributed by atoms with Gasteiger partial charge in [-0.1, -0.05) is 60.4 Å². The number of amides is 1. The van der Waals surface area contributed by atoms with Crippen molar-refractivity contribution in [2.45, 2.75) is 33.1 Å². The topological polar surface area (TPSA) is 126 Å². The molecule has 2 aromatic carbocycles. The van der Waals surface area contributed by atoms with Crippen molar-refractivity contribution in [3.63, 3.8) is 0 Å². The second kappa shape index (κ2) is 11.8. The summed E-state index contributed by atoms with van der Waals surface area (Å²) in [5.41, 5.74) is 2.51. The predicted molar refractivity (Wildman–Crippen MR) is 144 cm³/mol. The van der Waals surface area contributed by atoms with Gasteiger partial charge in [-0.05, 0) is 37.6 Å². The number of benzene rings is 2. The van der Waals surface area contributed by atoms with Gasteiger partial charge in [0, 0.05) is 35.7 Å². The number of nitriles is 1. The van der Waals surface area contributed by atoms with Crippen LogP contribution < -0.4 is 10.6 Å². The number of ketones is 1. The molecular weight excluding hydrogens is 504 g/mol. The predicted octanol–water partition coefficient (Wildman–Crippen LogP) is 5.28. The fourth-order valence-electron chi connectivity index (χ4n) is 3.71. The number of hydrogen-bond acceptors (Lipinski definition) is 7. The number of carbonyl (C=O) groups is 2. The summed E-state index contributed by atoms with van der Waals surface area (Å²) >= 11 is 6.05.